The van der Waals surface area contributed by atoms with Gasteiger partial charge in [-0.1, -0.05) is 32.1 Å². The Labute approximate surface area is 146 Å². The van der Waals surface area contributed by atoms with E-state index in [1.165, 1.54) is 6.42 Å². The molecule has 9 heteroatoms. The molecule has 0 aromatic carbocycles. The van der Waals surface area contributed by atoms with Crippen molar-refractivity contribution >= 4 is 23.7 Å². The molecule has 0 unspecified atom stereocenters. The average molecular weight is 356 g/mol. The Bertz CT molecular complexity index is 491. The summed E-state index contributed by atoms with van der Waals surface area (Å²) >= 11 is 0. The van der Waals surface area contributed by atoms with Gasteiger partial charge in [0.1, 0.15) is 6.04 Å². The number of hydrogen-bond acceptors (Lipinski definition) is 5. The lowest BCUT2D eigenvalue weighted by molar-refractivity contribution is -0.138. The van der Waals surface area contributed by atoms with Gasteiger partial charge in [0.05, 0.1) is 12.6 Å². The van der Waals surface area contributed by atoms with E-state index in [4.69, 9.17) is 16.6 Å². The van der Waals surface area contributed by atoms with Crippen molar-refractivity contribution < 1.29 is 24.3 Å². The number of hydrogen-bond donors (Lipinski definition) is 5. The van der Waals surface area contributed by atoms with Gasteiger partial charge in [0.25, 0.3) is 0 Å². The van der Waals surface area contributed by atoms with Crippen LogP contribution in [0.5, 0.6) is 0 Å². The molecule has 142 valence electrons. The van der Waals surface area contributed by atoms with Crippen LogP contribution >= 0.6 is 0 Å². The second-order valence-electron chi connectivity index (χ2n) is 6.52. The first-order valence-corrected chi connectivity index (χ1v) is 8.63. The molecule has 0 aromatic heterocycles. The second-order valence-corrected chi connectivity index (χ2v) is 6.52. The summed E-state index contributed by atoms with van der Waals surface area (Å²) in [6.45, 7) is -0.383. The van der Waals surface area contributed by atoms with Gasteiger partial charge in [0, 0.05) is 6.42 Å². The van der Waals surface area contributed by atoms with Crippen molar-refractivity contribution in [1.29, 1.82) is 0 Å². The summed E-state index contributed by atoms with van der Waals surface area (Å²) in [6, 6.07) is -1.82. The first kappa shape index (κ1) is 20.9. The predicted octanol–water partition coefficient (Wildman–Crippen LogP) is -0.765. The third-order valence-corrected chi connectivity index (χ3v) is 4.37. The SMILES string of the molecule is NC(=O)CNC(=O)[C@H](CCC(=O)O)NC(=O)[C@@H](N)CC1CCCCC1. The van der Waals surface area contributed by atoms with Gasteiger partial charge in [0.15, 0.2) is 0 Å². The normalized spacial score (nSPS) is 17.3. The van der Waals surface area contributed by atoms with Crippen molar-refractivity contribution in [3.05, 3.63) is 0 Å². The largest absolute Gasteiger partial charge is 0.481 e. The molecule has 1 rings (SSSR count). The first-order valence-electron chi connectivity index (χ1n) is 8.63. The van der Waals surface area contributed by atoms with Gasteiger partial charge in [-0.25, -0.2) is 0 Å². The summed E-state index contributed by atoms with van der Waals surface area (Å²) < 4.78 is 0. The lowest BCUT2D eigenvalue weighted by atomic mass is 9.85. The lowest BCUT2D eigenvalue weighted by Gasteiger charge is -2.25. The molecule has 0 radical (unpaired) electrons. The fraction of sp³-hybridized carbons (Fsp3) is 0.750. The van der Waals surface area contributed by atoms with Crippen LogP contribution in [-0.2, 0) is 19.2 Å². The fourth-order valence-electron chi connectivity index (χ4n) is 3.00. The van der Waals surface area contributed by atoms with Crippen molar-refractivity contribution in [1.82, 2.24) is 10.6 Å². The molecule has 1 saturated carbocycles. The van der Waals surface area contributed by atoms with E-state index in [1.807, 2.05) is 0 Å². The van der Waals surface area contributed by atoms with E-state index < -0.39 is 35.8 Å². The molecular formula is C16H28N4O5. The number of rotatable bonds is 10. The Morgan fingerprint density at radius 1 is 1.08 bits per heavy atom. The highest BCUT2D eigenvalue weighted by Gasteiger charge is 2.26. The molecule has 0 aromatic rings. The highest BCUT2D eigenvalue weighted by atomic mass is 16.4. The van der Waals surface area contributed by atoms with Crippen LogP contribution in [0.3, 0.4) is 0 Å². The summed E-state index contributed by atoms with van der Waals surface area (Å²) in [7, 11) is 0. The predicted molar refractivity (Wildman–Crippen MR) is 90.2 cm³/mol. The number of carbonyl (C=O) groups is 4. The van der Waals surface area contributed by atoms with E-state index in [0.717, 1.165) is 25.7 Å². The second kappa shape index (κ2) is 10.7. The number of carboxylic acids is 1. The zero-order valence-corrected chi connectivity index (χ0v) is 14.3. The molecule has 2 atom stereocenters. The lowest BCUT2D eigenvalue weighted by Crippen LogP contribution is -2.53. The minimum absolute atomic E-state index is 0.0954. The van der Waals surface area contributed by atoms with Gasteiger partial charge in [-0.3, -0.25) is 19.2 Å². The van der Waals surface area contributed by atoms with Gasteiger partial charge >= 0.3 is 5.97 Å². The number of primary amides is 1. The van der Waals surface area contributed by atoms with E-state index in [1.54, 1.807) is 0 Å². The Morgan fingerprint density at radius 3 is 2.28 bits per heavy atom. The van der Waals surface area contributed by atoms with Crippen molar-refractivity contribution in [2.24, 2.45) is 17.4 Å². The van der Waals surface area contributed by atoms with Crippen molar-refractivity contribution in [3.8, 4) is 0 Å². The summed E-state index contributed by atoms with van der Waals surface area (Å²) in [5.74, 6) is -2.57. The molecule has 9 nitrogen and oxygen atoms in total. The Morgan fingerprint density at radius 2 is 1.72 bits per heavy atom. The van der Waals surface area contributed by atoms with Crippen molar-refractivity contribution in [2.45, 2.75) is 63.5 Å². The van der Waals surface area contributed by atoms with Crippen LogP contribution in [0.2, 0.25) is 0 Å². The topological polar surface area (TPSA) is 165 Å². The molecule has 0 heterocycles. The number of nitrogens with one attached hydrogen (secondary N) is 2. The quantitative estimate of drug-likeness (QED) is 0.345. The van der Waals surface area contributed by atoms with Gasteiger partial charge in [0.2, 0.25) is 17.7 Å². The van der Waals surface area contributed by atoms with E-state index >= 15 is 0 Å². The van der Waals surface area contributed by atoms with Gasteiger partial charge < -0.3 is 27.2 Å². The third-order valence-electron chi connectivity index (χ3n) is 4.37. The maximum atomic E-state index is 12.3. The van der Waals surface area contributed by atoms with Gasteiger partial charge in [-0.2, -0.15) is 0 Å². The third kappa shape index (κ3) is 8.48. The van der Waals surface area contributed by atoms with Crippen LogP contribution < -0.4 is 22.1 Å². The summed E-state index contributed by atoms with van der Waals surface area (Å²) in [4.78, 5) is 45.8. The molecule has 0 aliphatic heterocycles. The summed E-state index contributed by atoms with van der Waals surface area (Å²) in [5.41, 5.74) is 10.9. The van der Waals surface area contributed by atoms with E-state index in [0.29, 0.717) is 12.3 Å². The van der Waals surface area contributed by atoms with Crippen LogP contribution in [0, 0.1) is 5.92 Å². The molecule has 1 fully saturated rings. The first-order chi connectivity index (χ1) is 11.8. The fourth-order valence-corrected chi connectivity index (χ4v) is 3.00. The Hall–Kier alpha value is -2.16. The van der Waals surface area contributed by atoms with E-state index in [2.05, 4.69) is 10.6 Å². The number of carbonyl (C=O) groups excluding carboxylic acids is 3. The van der Waals surface area contributed by atoms with Crippen LogP contribution in [0.15, 0.2) is 0 Å². The molecule has 1 aliphatic carbocycles. The average Bonchev–Trinajstić information content (AvgIpc) is 2.56. The summed E-state index contributed by atoms with van der Waals surface area (Å²) in [6.07, 6.45) is 5.71. The van der Waals surface area contributed by atoms with E-state index in [-0.39, 0.29) is 19.4 Å². The molecular weight excluding hydrogens is 328 g/mol. The standard InChI is InChI=1S/C16H28N4O5/c17-11(8-10-4-2-1-3-5-10)15(24)20-12(6-7-14(22)23)16(25)19-9-13(18)21/h10-12H,1-9,17H2,(H2,18,21)(H,19,25)(H,20,24)(H,22,23)/t11-,12-/m0/s1. The number of carboxylic acid groups (broad SMARTS) is 1. The number of amides is 3. The molecule has 3 amide bonds. The highest BCUT2D eigenvalue weighted by Crippen LogP contribution is 2.26. The van der Waals surface area contributed by atoms with Crippen molar-refractivity contribution in [3.63, 3.8) is 0 Å². The minimum atomic E-state index is -1.09. The van der Waals surface area contributed by atoms with Crippen LogP contribution in [0.25, 0.3) is 0 Å². The Kier molecular flexibility index (Phi) is 8.90. The van der Waals surface area contributed by atoms with Gasteiger partial charge in [-0.05, 0) is 18.8 Å². The maximum Gasteiger partial charge on any atom is 0.303 e. The molecule has 25 heavy (non-hydrogen) atoms. The smallest absolute Gasteiger partial charge is 0.303 e. The van der Waals surface area contributed by atoms with Crippen LogP contribution in [-0.4, -0.2) is 47.4 Å². The molecule has 0 saturated heterocycles. The van der Waals surface area contributed by atoms with E-state index in [9.17, 15) is 19.2 Å². The molecule has 0 spiro atoms. The minimum Gasteiger partial charge on any atom is -0.481 e. The monoisotopic (exact) mass is 356 g/mol. The molecule has 0 bridgehead atoms. The number of aliphatic carboxylic acids is 1. The zero-order valence-electron chi connectivity index (χ0n) is 14.3. The van der Waals surface area contributed by atoms with Crippen molar-refractivity contribution in [2.75, 3.05) is 6.54 Å². The van der Waals surface area contributed by atoms with Crippen LogP contribution in [0.4, 0.5) is 0 Å². The zero-order chi connectivity index (χ0) is 18.8. The highest BCUT2D eigenvalue weighted by molar-refractivity contribution is 5.91. The maximum absolute atomic E-state index is 12.3. The Balaban J connectivity index is 2.57. The van der Waals surface area contributed by atoms with Gasteiger partial charge in [-0.15, -0.1) is 0 Å². The molecule has 7 N–H and O–H groups in total. The van der Waals surface area contributed by atoms with Crippen LogP contribution in [0.1, 0.15) is 51.4 Å². The number of nitrogens with two attached hydrogens (primary N) is 2. The molecule has 1 aliphatic rings. The summed E-state index contributed by atoms with van der Waals surface area (Å²) in [5, 5.41) is 13.5.